The molecule has 0 aliphatic rings. The van der Waals surface area contributed by atoms with Gasteiger partial charge in [-0.1, -0.05) is 23.7 Å². The number of esters is 1. The van der Waals surface area contributed by atoms with Gasteiger partial charge in [0.15, 0.2) is 0 Å². The van der Waals surface area contributed by atoms with Crippen molar-refractivity contribution in [3.05, 3.63) is 29.3 Å². The highest BCUT2D eigenvalue weighted by Gasteiger charge is 2.25. The summed E-state index contributed by atoms with van der Waals surface area (Å²) in [4.78, 5) is 11.2. The number of halogens is 1. The second-order valence-corrected chi connectivity index (χ2v) is 6.28. The lowest BCUT2D eigenvalue weighted by molar-refractivity contribution is -0.142. The van der Waals surface area contributed by atoms with Gasteiger partial charge in [-0.25, -0.2) is 5.09 Å². The van der Waals surface area contributed by atoms with Crippen molar-refractivity contribution in [2.24, 2.45) is 0 Å². The summed E-state index contributed by atoms with van der Waals surface area (Å²) in [5, 5.41) is 2.94. The molecule has 0 amide bonds. The Morgan fingerprint density at radius 2 is 2.06 bits per heavy atom. The zero-order chi connectivity index (χ0) is 13.8. The number of carbonyl (C=O) groups excluding carboxylic acids is 1. The monoisotopic (exact) mass is 291 g/mol. The first-order chi connectivity index (χ1) is 8.35. The Hall–Kier alpha value is -1.03. The average molecular weight is 292 g/mol. The van der Waals surface area contributed by atoms with E-state index in [1.165, 1.54) is 20.7 Å². The Labute approximate surface area is 111 Å². The van der Waals surface area contributed by atoms with Gasteiger partial charge in [0, 0.05) is 6.66 Å². The van der Waals surface area contributed by atoms with Crippen LogP contribution in [0.25, 0.3) is 0 Å². The molecule has 1 aromatic rings. The number of para-hydroxylation sites is 1. The van der Waals surface area contributed by atoms with Crippen molar-refractivity contribution in [3.8, 4) is 5.75 Å². The third-order valence-corrected chi connectivity index (χ3v) is 3.81. The van der Waals surface area contributed by atoms with E-state index < -0.39 is 19.5 Å². The van der Waals surface area contributed by atoms with E-state index in [2.05, 4.69) is 9.82 Å². The zero-order valence-corrected chi connectivity index (χ0v) is 12.0. The van der Waals surface area contributed by atoms with Gasteiger partial charge in [0.1, 0.15) is 11.8 Å². The largest absolute Gasteiger partial charge is 0.468 e. The van der Waals surface area contributed by atoms with Crippen LogP contribution in [0.1, 0.15) is 6.92 Å². The van der Waals surface area contributed by atoms with Crippen LogP contribution in [0.4, 0.5) is 0 Å². The molecule has 18 heavy (non-hydrogen) atoms. The average Bonchev–Trinajstić information content (AvgIpc) is 2.30. The molecule has 1 unspecified atom stereocenters. The Kier molecular flexibility index (Phi) is 5.20. The van der Waals surface area contributed by atoms with Gasteiger partial charge in [0.2, 0.25) is 0 Å². The first-order valence-corrected chi connectivity index (χ1v) is 7.68. The minimum Gasteiger partial charge on any atom is -0.468 e. The minimum absolute atomic E-state index is 0.301. The number of carbonyl (C=O) groups is 1. The highest BCUT2D eigenvalue weighted by atomic mass is 35.5. The Balaban J connectivity index is 2.74. The van der Waals surface area contributed by atoms with Crippen molar-refractivity contribution in [2.75, 3.05) is 13.8 Å². The standard InChI is InChI=1S/C11H15ClNO4P/c1-8(11(14)16-2)13-18(3,15)17-10-7-5-4-6-9(10)12/h4-8H,1-3H3,(H,13,15)/t8-,18?/m0/s1. The molecule has 0 radical (unpaired) electrons. The molecule has 0 saturated carbocycles. The van der Waals surface area contributed by atoms with Gasteiger partial charge in [0.05, 0.1) is 12.1 Å². The van der Waals surface area contributed by atoms with Crippen molar-refractivity contribution in [2.45, 2.75) is 13.0 Å². The summed E-state index contributed by atoms with van der Waals surface area (Å²) in [6, 6.07) is 5.95. The second-order valence-electron chi connectivity index (χ2n) is 3.74. The van der Waals surface area contributed by atoms with E-state index in [1.54, 1.807) is 24.3 Å². The summed E-state index contributed by atoms with van der Waals surface area (Å²) < 4.78 is 22.0. The summed E-state index contributed by atoms with van der Waals surface area (Å²) >= 11 is 5.89. The molecule has 1 aromatic carbocycles. The van der Waals surface area contributed by atoms with Crippen LogP contribution in [0.2, 0.25) is 5.02 Å². The van der Waals surface area contributed by atoms with Crippen LogP contribution in [0, 0.1) is 0 Å². The van der Waals surface area contributed by atoms with E-state index in [0.717, 1.165) is 0 Å². The summed E-state index contributed by atoms with van der Waals surface area (Å²) in [6.07, 6.45) is 0. The number of rotatable bonds is 5. The maximum Gasteiger partial charge on any atom is 0.323 e. The lowest BCUT2D eigenvalue weighted by Gasteiger charge is -2.20. The van der Waals surface area contributed by atoms with Crippen LogP contribution in [-0.2, 0) is 14.1 Å². The summed E-state index contributed by atoms with van der Waals surface area (Å²) in [5.41, 5.74) is 0. The minimum atomic E-state index is -3.20. The molecular weight excluding hydrogens is 277 g/mol. The summed E-state index contributed by atoms with van der Waals surface area (Å²) in [5.74, 6) is -0.214. The van der Waals surface area contributed by atoms with E-state index in [9.17, 15) is 9.36 Å². The number of ether oxygens (including phenoxy) is 1. The molecular formula is C11H15ClNO4P. The van der Waals surface area contributed by atoms with Crippen molar-refractivity contribution >= 4 is 25.1 Å². The quantitative estimate of drug-likeness (QED) is 0.667. The third-order valence-electron chi connectivity index (χ3n) is 2.09. The lowest BCUT2D eigenvalue weighted by Crippen LogP contribution is -2.33. The first-order valence-electron chi connectivity index (χ1n) is 5.23. The summed E-state index contributed by atoms with van der Waals surface area (Å²) in [6.45, 7) is 2.91. The topological polar surface area (TPSA) is 64.6 Å². The Morgan fingerprint density at radius 3 is 2.61 bits per heavy atom. The van der Waals surface area contributed by atoms with Gasteiger partial charge >= 0.3 is 13.5 Å². The van der Waals surface area contributed by atoms with Crippen LogP contribution in [0.15, 0.2) is 24.3 Å². The van der Waals surface area contributed by atoms with Gasteiger partial charge in [-0.05, 0) is 19.1 Å². The predicted molar refractivity (Wildman–Crippen MR) is 70.2 cm³/mol. The van der Waals surface area contributed by atoms with Crippen LogP contribution < -0.4 is 9.61 Å². The predicted octanol–water partition coefficient (Wildman–Crippen LogP) is 2.69. The molecule has 1 rings (SSSR count). The normalized spacial score (nSPS) is 15.6. The first kappa shape index (κ1) is 15.0. The molecule has 100 valence electrons. The van der Waals surface area contributed by atoms with E-state index in [-0.39, 0.29) is 0 Å². The van der Waals surface area contributed by atoms with Gasteiger partial charge < -0.3 is 9.26 Å². The zero-order valence-electron chi connectivity index (χ0n) is 10.3. The number of hydrogen-bond donors (Lipinski definition) is 1. The molecule has 0 bridgehead atoms. The molecule has 0 aliphatic carbocycles. The highest BCUT2D eigenvalue weighted by Crippen LogP contribution is 2.41. The maximum atomic E-state index is 12.2. The maximum absolute atomic E-state index is 12.2. The van der Waals surface area contributed by atoms with Crippen molar-refractivity contribution < 1.29 is 18.6 Å². The number of methoxy groups -OCH3 is 1. The fourth-order valence-electron chi connectivity index (χ4n) is 1.31. The molecule has 0 aromatic heterocycles. The van der Waals surface area contributed by atoms with E-state index >= 15 is 0 Å². The lowest BCUT2D eigenvalue weighted by atomic mass is 10.3. The van der Waals surface area contributed by atoms with Crippen LogP contribution in [0.5, 0.6) is 5.75 Å². The molecule has 0 spiro atoms. The van der Waals surface area contributed by atoms with Crippen molar-refractivity contribution in [1.29, 1.82) is 0 Å². The van der Waals surface area contributed by atoms with E-state index in [1.807, 2.05) is 0 Å². The SMILES string of the molecule is COC(=O)[C@H](C)NP(C)(=O)Oc1ccccc1Cl. The summed E-state index contributed by atoms with van der Waals surface area (Å²) in [7, 11) is -1.94. The van der Waals surface area contributed by atoms with Gasteiger partial charge in [-0.15, -0.1) is 0 Å². The van der Waals surface area contributed by atoms with Crippen LogP contribution in [-0.4, -0.2) is 25.8 Å². The fraction of sp³-hybridized carbons (Fsp3) is 0.364. The van der Waals surface area contributed by atoms with Crippen molar-refractivity contribution in [3.63, 3.8) is 0 Å². The van der Waals surface area contributed by atoms with Crippen LogP contribution in [0.3, 0.4) is 0 Å². The van der Waals surface area contributed by atoms with Gasteiger partial charge in [0.25, 0.3) is 0 Å². The van der Waals surface area contributed by atoms with Gasteiger partial charge in [-0.2, -0.15) is 0 Å². The van der Waals surface area contributed by atoms with Gasteiger partial charge in [-0.3, -0.25) is 9.36 Å². The molecule has 7 heteroatoms. The second kappa shape index (κ2) is 6.23. The van der Waals surface area contributed by atoms with Crippen molar-refractivity contribution in [1.82, 2.24) is 5.09 Å². The highest BCUT2D eigenvalue weighted by molar-refractivity contribution is 7.56. The molecule has 1 N–H and O–H groups in total. The molecule has 0 heterocycles. The molecule has 0 saturated heterocycles. The van der Waals surface area contributed by atoms with Crippen LogP contribution >= 0.6 is 19.1 Å². The van der Waals surface area contributed by atoms with E-state index in [4.69, 9.17) is 16.1 Å². The number of nitrogens with one attached hydrogen (secondary N) is 1. The smallest absolute Gasteiger partial charge is 0.323 e. The molecule has 5 nitrogen and oxygen atoms in total. The number of benzene rings is 1. The molecule has 0 aliphatic heterocycles. The van der Waals surface area contributed by atoms with E-state index in [0.29, 0.717) is 10.8 Å². The fourth-order valence-corrected chi connectivity index (χ4v) is 2.94. The molecule has 0 fully saturated rings. The Morgan fingerprint density at radius 1 is 1.44 bits per heavy atom. The number of hydrogen-bond acceptors (Lipinski definition) is 4. The Bertz CT molecular complexity index is 480. The molecule has 2 atom stereocenters. The third kappa shape index (κ3) is 4.33.